The van der Waals surface area contributed by atoms with Crippen molar-refractivity contribution < 1.29 is 9.90 Å². The van der Waals surface area contributed by atoms with Crippen LogP contribution in [0.15, 0.2) is 11.5 Å². The summed E-state index contributed by atoms with van der Waals surface area (Å²) in [6.07, 6.45) is 1.93. The molecule has 0 radical (unpaired) electrons. The standard InChI is InChI=1S/C6H9N3O2S/c1-2-4(5(10)11)12-6-7-3-8-9-6/h3-4H,2H2,1H3,(H,10,11)(H,7,8,9). The Hall–Kier alpha value is -1.04. The quantitative estimate of drug-likeness (QED) is 0.680. The van der Waals surface area contributed by atoms with Crippen LogP contribution >= 0.6 is 11.8 Å². The fourth-order valence-electron chi connectivity index (χ4n) is 0.694. The third-order valence-electron chi connectivity index (χ3n) is 1.29. The summed E-state index contributed by atoms with van der Waals surface area (Å²) in [6.45, 7) is 1.82. The maximum Gasteiger partial charge on any atom is 0.317 e. The molecule has 6 heteroatoms. The molecule has 0 amide bonds. The summed E-state index contributed by atoms with van der Waals surface area (Å²) in [5.41, 5.74) is 0. The molecule has 0 bridgehead atoms. The fraction of sp³-hybridized carbons (Fsp3) is 0.500. The molecule has 0 fully saturated rings. The Labute approximate surface area is 73.6 Å². The van der Waals surface area contributed by atoms with Crippen LogP contribution in [0.25, 0.3) is 0 Å². The van der Waals surface area contributed by atoms with Crippen LogP contribution in [0.5, 0.6) is 0 Å². The molecular formula is C6H9N3O2S. The average Bonchev–Trinajstić information content (AvgIpc) is 2.51. The van der Waals surface area contributed by atoms with E-state index < -0.39 is 11.2 Å². The van der Waals surface area contributed by atoms with E-state index in [1.54, 1.807) is 0 Å². The van der Waals surface area contributed by atoms with Gasteiger partial charge in [0.15, 0.2) is 5.16 Å². The Morgan fingerprint density at radius 2 is 2.67 bits per heavy atom. The van der Waals surface area contributed by atoms with E-state index in [1.807, 2.05) is 6.92 Å². The average molecular weight is 187 g/mol. The van der Waals surface area contributed by atoms with Gasteiger partial charge in [-0.15, -0.1) is 0 Å². The van der Waals surface area contributed by atoms with Gasteiger partial charge in [-0.1, -0.05) is 18.7 Å². The second kappa shape index (κ2) is 4.10. The highest BCUT2D eigenvalue weighted by molar-refractivity contribution is 8.00. The summed E-state index contributed by atoms with van der Waals surface area (Å²) in [5.74, 6) is -0.820. The summed E-state index contributed by atoms with van der Waals surface area (Å²) in [6, 6.07) is 0. The lowest BCUT2D eigenvalue weighted by atomic mass is 10.3. The van der Waals surface area contributed by atoms with Crippen LogP contribution in [0, 0.1) is 0 Å². The first kappa shape index (κ1) is 9.05. The molecule has 0 aromatic carbocycles. The number of nitrogens with one attached hydrogen (secondary N) is 1. The number of aromatic nitrogens is 3. The number of aromatic amines is 1. The first-order valence-corrected chi connectivity index (χ1v) is 4.36. The Balaban J connectivity index is 2.54. The third-order valence-corrected chi connectivity index (χ3v) is 2.53. The lowest BCUT2D eigenvalue weighted by molar-refractivity contribution is -0.136. The topological polar surface area (TPSA) is 78.9 Å². The van der Waals surface area contributed by atoms with Crippen LogP contribution in [-0.2, 0) is 4.79 Å². The van der Waals surface area contributed by atoms with E-state index in [0.29, 0.717) is 11.6 Å². The van der Waals surface area contributed by atoms with E-state index in [-0.39, 0.29) is 0 Å². The predicted octanol–water partition coefficient (Wildman–Crippen LogP) is 0.760. The van der Waals surface area contributed by atoms with Crippen molar-refractivity contribution in [3.05, 3.63) is 6.33 Å². The van der Waals surface area contributed by atoms with Gasteiger partial charge in [0.1, 0.15) is 11.6 Å². The van der Waals surface area contributed by atoms with Crippen molar-refractivity contribution in [2.75, 3.05) is 0 Å². The molecule has 0 spiro atoms. The molecule has 1 heterocycles. The molecule has 0 saturated carbocycles. The third kappa shape index (κ3) is 2.23. The van der Waals surface area contributed by atoms with Gasteiger partial charge >= 0.3 is 5.97 Å². The van der Waals surface area contributed by atoms with Crippen molar-refractivity contribution in [3.63, 3.8) is 0 Å². The Morgan fingerprint density at radius 1 is 1.92 bits per heavy atom. The molecule has 2 N–H and O–H groups in total. The van der Waals surface area contributed by atoms with E-state index in [9.17, 15) is 4.79 Å². The van der Waals surface area contributed by atoms with Crippen LogP contribution < -0.4 is 0 Å². The van der Waals surface area contributed by atoms with Crippen molar-refractivity contribution in [1.82, 2.24) is 15.2 Å². The van der Waals surface area contributed by atoms with Crippen molar-refractivity contribution in [2.24, 2.45) is 0 Å². The van der Waals surface area contributed by atoms with Crippen molar-refractivity contribution in [2.45, 2.75) is 23.8 Å². The molecule has 0 saturated heterocycles. The Bertz CT molecular complexity index is 249. The minimum absolute atomic E-state index is 0.446. The number of H-pyrrole nitrogens is 1. The zero-order chi connectivity index (χ0) is 8.97. The Kier molecular flexibility index (Phi) is 3.09. The van der Waals surface area contributed by atoms with Gasteiger partial charge in [-0.3, -0.25) is 9.89 Å². The highest BCUT2D eigenvalue weighted by Crippen LogP contribution is 2.20. The highest BCUT2D eigenvalue weighted by atomic mass is 32.2. The van der Waals surface area contributed by atoms with Gasteiger partial charge in [0.25, 0.3) is 0 Å². The normalized spacial score (nSPS) is 12.8. The second-order valence-electron chi connectivity index (χ2n) is 2.14. The van der Waals surface area contributed by atoms with E-state index in [0.717, 1.165) is 0 Å². The largest absolute Gasteiger partial charge is 0.480 e. The van der Waals surface area contributed by atoms with Crippen molar-refractivity contribution in [1.29, 1.82) is 0 Å². The zero-order valence-corrected chi connectivity index (χ0v) is 7.34. The van der Waals surface area contributed by atoms with Crippen molar-refractivity contribution in [3.8, 4) is 0 Å². The molecular weight excluding hydrogens is 178 g/mol. The first-order valence-electron chi connectivity index (χ1n) is 3.49. The van der Waals surface area contributed by atoms with Crippen LogP contribution in [0.2, 0.25) is 0 Å². The molecule has 1 aromatic heterocycles. The van der Waals surface area contributed by atoms with Gasteiger partial charge in [-0.05, 0) is 6.42 Å². The van der Waals surface area contributed by atoms with Gasteiger partial charge < -0.3 is 5.11 Å². The number of nitrogens with zero attached hydrogens (tertiary/aromatic N) is 2. The summed E-state index contributed by atoms with van der Waals surface area (Å²) >= 11 is 1.17. The molecule has 1 atom stereocenters. The number of aliphatic carboxylic acids is 1. The first-order chi connectivity index (χ1) is 5.74. The zero-order valence-electron chi connectivity index (χ0n) is 6.52. The minimum atomic E-state index is -0.820. The summed E-state index contributed by atoms with van der Waals surface area (Å²) in [5, 5.41) is 15.0. The minimum Gasteiger partial charge on any atom is -0.480 e. The number of rotatable bonds is 4. The van der Waals surface area contributed by atoms with Gasteiger partial charge in [-0.2, -0.15) is 5.10 Å². The smallest absolute Gasteiger partial charge is 0.317 e. The second-order valence-corrected chi connectivity index (χ2v) is 3.34. The number of hydrogen-bond acceptors (Lipinski definition) is 4. The van der Waals surface area contributed by atoms with Gasteiger partial charge in [-0.25, -0.2) is 4.98 Å². The van der Waals surface area contributed by atoms with Gasteiger partial charge in [0, 0.05) is 0 Å². The molecule has 0 aliphatic heterocycles. The van der Waals surface area contributed by atoms with Crippen LogP contribution in [-0.4, -0.2) is 31.5 Å². The molecule has 12 heavy (non-hydrogen) atoms. The number of carbonyl (C=O) groups is 1. The lowest BCUT2D eigenvalue weighted by Gasteiger charge is -2.04. The van der Waals surface area contributed by atoms with Gasteiger partial charge in [0.05, 0.1) is 0 Å². The van der Waals surface area contributed by atoms with E-state index >= 15 is 0 Å². The number of thioether (sulfide) groups is 1. The van der Waals surface area contributed by atoms with E-state index in [4.69, 9.17) is 5.11 Å². The van der Waals surface area contributed by atoms with Crippen molar-refractivity contribution >= 4 is 17.7 Å². The molecule has 1 unspecified atom stereocenters. The fourth-order valence-corrected chi connectivity index (χ4v) is 1.44. The summed E-state index contributed by atoms with van der Waals surface area (Å²) in [4.78, 5) is 14.4. The number of hydrogen-bond donors (Lipinski definition) is 2. The Morgan fingerprint density at radius 3 is 3.08 bits per heavy atom. The summed E-state index contributed by atoms with van der Waals surface area (Å²) < 4.78 is 0. The summed E-state index contributed by atoms with van der Waals surface area (Å²) in [7, 11) is 0. The molecule has 1 rings (SSSR count). The SMILES string of the molecule is CCC(Sc1ncn[nH]1)C(=O)O. The molecule has 5 nitrogen and oxygen atoms in total. The number of carboxylic acids is 1. The maximum atomic E-state index is 10.6. The monoisotopic (exact) mass is 187 g/mol. The maximum absolute atomic E-state index is 10.6. The van der Waals surface area contributed by atoms with Crippen LogP contribution in [0.4, 0.5) is 0 Å². The highest BCUT2D eigenvalue weighted by Gasteiger charge is 2.17. The predicted molar refractivity (Wildman–Crippen MR) is 44.0 cm³/mol. The molecule has 0 aliphatic carbocycles. The lowest BCUT2D eigenvalue weighted by Crippen LogP contribution is -2.14. The molecule has 0 aliphatic rings. The van der Waals surface area contributed by atoms with E-state index in [1.165, 1.54) is 18.1 Å². The molecule has 1 aromatic rings. The molecule has 66 valence electrons. The van der Waals surface area contributed by atoms with E-state index in [2.05, 4.69) is 15.2 Å². The number of carboxylic acid groups (broad SMARTS) is 1. The van der Waals surface area contributed by atoms with Crippen LogP contribution in [0.1, 0.15) is 13.3 Å². The van der Waals surface area contributed by atoms with Gasteiger partial charge in [0.2, 0.25) is 0 Å². The van der Waals surface area contributed by atoms with Crippen LogP contribution in [0.3, 0.4) is 0 Å².